The number of hydrogen-bond acceptors (Lipinski definition) is 5. The lowest BCUT2D eigenvalue weighted by molar-refractivity contribution is -0.118. The lowest BCUT2D eigenvalue weighted by Gasteiger charge is -2.13. The van der Waals surface area contributed by atoms with Crippen LogP contribution in [-0.2, 0) is 11.2 Å². The molecule has 1 N–H and O–H groups in total. The molecule has 3 rings (SSSR count). The van der Waals surface area contributed by atoms with Crippen molar-refractivity contribution < 1.29 is 4.79 Å². The highest BCUT2D eigenvalue weighted by Crippen LogP contribution is 2.47. The summed E-state index contributed by atoms with van der Waals surface area (Å²) in [5.41, 5.74) is 1.25. The van der Waals surface area contributed by atoms with E-state index in [1.807, 2.05) is 11.8 Å². The summed E-state index contributed by atoms with van der Waals surface area (Å²) in [4.78, 5) is 21.4. The van der Waals surface area contributed by atoms with E-state index in [4.69, 9.17) is 9.97 Å². The molecule has 1 fully saturated rings. The van der Waals surface area contributed by atoms with E-state index in [1.54, 1.807) is 11.8 Å². The summed E-state index contributed by atoms with van der Waals surface area (Å²) in [6, 6.07) is 0.425. The molecule has 0 saturated heterocycles. The van der Waals surface area contributed by atoms with Crippen molar-refractivity contribution in [2.45, 2.75) is 73.7 Å². The van der Waals surface area contributed by atoms with Crippen LogP contribution in [0.15, 0.2) is 10.1 Å². The third-order valence-electron chi connectivity index (χ3n) is 4.14. The van der Waals surface area contributed by atoms with Crippen LogP contribution in [0.25, 0.3) is 0 Å². The largest absolute Gasteiger partial charge is 0.353 e. The Labute approximate surface area is 140 Å². The SMILES string of the molecule is CCCc1nc(SCC(=O)NC2CC2)c2c(n1)SC(C)C2C. The summed E-state index contributed by atoms with van der Waals surface area (Å²) in [5.74, 6) is 1.95. The van der Waals surface area contributed by atoms with E-state index in [1.165, 1.54) is 5.56 Å². The number of thioether (sulfide) groups is 2. The van der Waals surface area contributed by atoms with Gasteiger partial charge in [0, 0.05) is 23.3 Å². The van der Waals surface area contributed by atoms with E-state index < -0.39 is 0 Å². The van der Waals surface area contributed by atoms with Crippen LogP contribution in [0.3, 0.4) is 0 Å². The predicted octanol–water partition coefficient (Wildman–Crippen LogP) is 3.40. The summed E-state index contributed by atoms with van der Waals surface area (Å²) in [7, 11) is 0. The highest BCUT2D eigenvalue weighted by atomic mass is 32.2. The minimum absolute atomic E-state index is 0.128. The van der Waals surface area contributed by atoms with Crippen LogP contribution in [0.5, 0.6) is 0 Å². The molecule has 6 heteroatoms. The fraction of sp³-hybridized carbons (Fsp3) is 0.688. The second-order valence-corrected chi connectivity index (χ2v) is 8.49. The lowest BCUT2D eigenvalue weighted by atomic mass is 10.0. The molecule has 1 amide bonds. The molecule has 2 aliphatic rings. The first-order chi connectivity index (χ1) is 10.6. The Bertz CT molecular complexity index is 575. The number of nitrogens with zero attached hydrogens (tertiary/aromatic N) is 2. The Morgan fingerprint density at radius 3 is 2.82 bits per heavy atom. The third kappa shape index (κ3) is 3.59. The first-order valence-electron chi connectivity index (χ1n) is 8.08. The summed E-state index contributed by atoms with van der Waals surface area (Å²) in [6.45, 7) is 6.62. The van der Waals surface area contributed by atoms with Gasteiger partial charge < -0.3 is 5.32 Å². The summed E-state index contributed by atoms with van der Waals surface area (Å²) < 4.78 is 0. The minimum atomic E-state index is 0.128. The molecule has 0 radical (unpaired) electrons. The van der Waals surface area contributed by atoms with E-state index in [9.17, 15) is 4.79 Å². The monoisotopic (exact) mass is 337 g/mol. The lowest BCUT2D eigenvalue weighted by Crippen LogP contribution is -2.27. The van der Waals surface area contributed by atoms with Crippen molar-refractivity contribution in [1.29, 1.82) is 0 Å². The second-order valence-electron chi connectivity index (χ2n) is 6.16. The topological polar surface area (TPSA) is 54.9 Å². The average Bonchev–Trinajstić information content (AvgIpc) is 3.23. The van der Waals surface area contributed by atoms with E-state index in [0.29, 0.717) is 23.0 Å². The van der Waals surface area contributed by atoms with Crippen molar-refractivity contribution in [2.75, 3.05) is 5.75 Å². The molecule has 1 aliphatic heterocycles. The van der Waals surface area contributed by atoms with Gasteiger partial charge in [0.05, 0.1) is 5.75 Å². The molecule has 1 aliphatic carbocycles. The fourth-order valence-corrected chi connectivity index (χ4v) is 4.82. The average molecular weight is 338 g/mol. The summed E-state index contributed by atoms with van der Waals surface area (Å²) in [5, 5.41) is 5.72. The highest BCUT2D eigenvalue weighted by molar-refractivity contribution is 8.01. The summed E-state index contributed by atoms with van der Waals surface area (Å²) in [6.07, 6.45) is 4.20. The van der Waals surface area contributed by atoms with Gasteiger partial charge in [0.15, 0.2) is 0 Å². The molecule has 0 bridgehead atoms. The van der Waals surface area contributed by atoms with Crippen molar-refractivity contribution >= 4 is 29.4 Å². The van der Waals surface area contributed by atoms with E-state index in [0.717, 1.165) is 41.6 Å². The molecule has 1 saturated carbocycles. The number of aromatic nitrogens is 2. The Morgan fingerprint density at radius 1 is 1.36 bits per heavy atom. The molecular weight excluding hydrogens is 314 g/mol. The molecule has 120 valence electrons. The molecular formula is C16H23N3OS2. The third-order valence-corrected chi connectivity index (χ3v) is 6.44. The van der Waals surface area contributed by atoms with Crippen LogP contribution < -0.4 is 5.32 Å². The minimum Gasteiger partial charge on any atom is -0.353 e. The Kier molecular flexibility index (Phi) is 4.97. The van der Waals surface area contributed by atoms with Gasteiger partial charge in [-0.2, -0.15) is 0 Å². The van der Waals surface area contributed by atoms with Crippen molar-refractivity contribution in [3.8, 4) is 0 Å². The first kappa shape index (κ1) is 16.1. The molecule has 2 heterocycles. The molecule has 2 atom stereocenters. The van der Waals surface area contributed by atoms with Gasteiger partial charge >= 0.3 is 0 Å². The van der Waals surface area contributed by atoms with Crippen molar-refractivity contribution in [3.63, 3.8) is 0 Å². The normalized spacial score (nSPS) is 23.4. The maximum absolute atomic E-state index is 11.9. The van der Waals surface area contributed by atoms with Gasteiger partial charge in [-0.05, 0) is 25.2 Å². The number of amides is 1. The maximum atomic E-state index is 11.9. The van der Waals surface area contributed by atoms with Gasteiger partial charge in [0.1, 0.15) is 15.9 Å². The van der Waals surface area contributed by atoms with Crippen LogP contribution in [0.2, 0.25) is 0 Å². The molecule has 1 aromatic heterocycles. The number of rotatable bonds is 6. The maximum Gasteiger partial charge on any atom is 0.230 e. The molecule has 0 aromatic carbocycles. The summed E-state index contributed by atoms with van der Waals surface area (Å²) >= 11 is 3.42. The van der Waals surface area contributed by atoms with E-state index in [-0.39, 0.29) is 5.91 Å². The zero-order valence-corrected chi connectivity index (χ0v) is 15.0. The zero-order chi connectivity index (χ0) is 15.7. The van der Waals surface area contributed by atoms with Crippen LogP contribution in [0.4, 0.5) is 0 Å². The van der Waals surface area contributed by atoms with Gasteiger partial charge in [-0.1, -0.05) is 32.5 Å². The number of carbonyl (C=O) groups excluding carboxylic acids is 1. The van der Waals surface area contributed by atoms with Crippen molar-refractivity contribution in [1.82, 2.24) is 15.3 Å². The Balaban J connectivity index is 1.77. The standard InChI is InChI=1S/C16H23N3OS2/c1-4-5-12-18-15(21-8-13(20)17-11-6-7-11)14-9(2)10(3)22-16(14)19-12/h9-11H,4-8H2,1-3H3,(H,17,20). The predicted molar refractivity (Wildman–Crippen MR) is 91.6 cm³/mol. The number of fused-ring (bicyclic) bond motifs is 1. The molecule has 4 nitrogen and oxygen atoms in total. The first-order valence-corrected chi connectivity index (χ1v) is 9.94. The van der Waals surface area contributed by atoms with Gasteiger partial charge in [0.25, 0.3) is 0 Å². The Morgan fingerprint density at radius 2 is 2.14 bits per heavy atom. The quantitative estimate of drug-likeness (QED) is 0.637. The van der Waals surface area contributed by atoms with Gasteiger partial charge in [0.2, 0.25) is 5.91 Å². The Hall–Kier alpha value is -0.750. The van der Waals surface area contributed by atoms with Crippen molar-refractivity contribution in [3.05, 3.63) is 11.4 Å². The molecule has 2 unspecified atom stereocenters. The van der Waals surface area contributed by atoms with Crippen LogP contribution in [0.1, 0.15) is 57.3 Å². The van der Waals surface area contributed by atoms with E-state index >= 15 is 0 Å². The molecule has 1 aromatic rings. The van der Waals surface area contributed by atoms with Gasteiger partial charge in [-0.3, -0.25) is 4.79 Å². The fourth-order valence-electron chi connectivity index (χ4n) is 2.54. The van der Waals surface area contributed by atoms with Gasteiger partial charge in [-0.15, -0.1) is 11.8 Å². The number of nitrogens with one attached hydrogen (secondary N) is 1. The zero-order valence-electron chi connectivity index (χ0n) is 13.4. The van der Waals surface area contributed by atoms with Gasteiger partial charge in [-0.25, -0.2) is 9.97 Å². The van der Waals surface area contributed by atoms with Crippen LogP contribution in [-0.4, -0.2) is 32.9 Å². The molecule has 0 spiro atoms. The highest BCUT2D eigenvalue weighted by Gasteiger charge is 2.32. The number of carbonyl (C=O) groups is 1. The van der Waals surface area contributed by atoms with Crippen LogP contribution >= 0.6 is 23.5 Å². The second kappa shape index (κ2) is 6.79. The number of hydrogen-bond donors (Lipinski definition) is 1. The van der Waals surface area contributed by atoms with Crippen molar-refractivity contribution in [2.24, 2.45) is 0 Å². The van der Waals surface area contributed by atoms with Crippen LogP contribution in [0, 0.1) is 0 Å². The smallest absolute Gasteiger partial charge is 0.230 e. The van der Waals surface area contributed by atoms with E-state index in [2.05, 4.69) is 26.1 Å². The number of aryl methyl sites for hydroxylation is 1. The molecule has 22 heavy (non-hydrogen) atoms.